The minimum Gasteiger partial charge on any atom is -0.143 e. The van der Waals surface area contributed by atoms with Crippen molar-refractivity contribution in [2.45, 2.75) is 31.6 Å². The van der Waals surface area contributed by atoms with Gasteiger partial charge in [-0.2, -0.15) is 0 Å². The van der Waals surface area contributed by atoms with E-state index in [1.54, 1.807) is 16.2 Å². The molecule has 1 atom stereocenters. The number of fused-ring (bicyclic) bond motifs is 1. The Bertz CT molecular complexity index is 534. The van der Waals surface area contributed by atoms with Crippen molar-refractivity contribution in [2.75, 3.05) is 0 Å². The number of halogens is 2. The molecule has 0 radical (unpaired) electrons. The Morgan fingerprint density at radius 1 is 1.29 bits per heavy atom. The summed E-state index contributed by atoms with van der Waals surface area (Å²) in [5.74, 6) is 0. The second-order valence-corrected chi connectivity index (χ2v) is 8.62. The van der Waals surface area contributed by atoms with Gasteiger partial charge in [0.05, 0.1) is 9.16 Å². The van der Waals surface area contributed by atoms with E-state index >= 15 is 0 Å². The highest BCUT2D eigenvalue weighted by Gasteiger charge is 2.22. The molecule has 0 spiro atoms. The van der Waals surface area contributed by atoms with E-state index in [9.17, 15) is 0 Å². The first-order chi connectivity index (χ1) is 8.15. The standard InChI is InChI=1S/C13H12BrClS2/c1-7-9(6-12(14)16-7)13(15)11-5-8-3-2-4-10(8)17-11/h5-6,13H,2-4H2,1H3. The molecule has 2 heterocycles. The normalized spacial score (nSPS) is 16.2. The van der Waals surface area contributed by atoms with Gasteiger partial charge >= 0.3 is 0 Å². The van der Waals surface area contributed by atoms with E-state index in [4.69, 9.17) is 11.6 Å². The summed E-state index contributed by atoms with van der Waals surface area (Å²) >= 11 is 13.8. The van der Waals surface area contributed by atoms with Gasteiger partial charge in [0.1, 0.15) is 0 Å². The molecule has 90 valence electrons. The van der Waals surface area contributed by atoms with Gasteiger partial charge in [-0.05, 0) is 65.4 Å². The lowest BCUT2D eigenvalue weighted by Crippen LogP contribution is -1.89. The number of alkyl halides is 1. The second kappa shape index (κ2) is 4.69. The van der Waals surface area contributed by atoms with Gasteiger partial charge < -0.3 is 0 Å². The third kappa shape index (κ3) is 2.23. The fourth-order valence-electron chi connectivity index (χ4n) is 2.34. The van der Waals surface area contributed by atoms with Gasteiger partial charge in [-0.15, -0.1) is 34.3 Å². The van der Waals surface area contributed by atoms with Gasteiger partial charge in [-0.25, -0.2) is 0 Å². The van der Waals surface area contributed by atoms with Crippen LogP contribution in [0.1, 0.15) is 37.6 Å². The van der Waals surface area contributed by atoms with Crippen LogP contribution in [0.25, 0.3) is 0 Å². The average Bonchev–Trinajstić information content (AvgIpc) is 2.90. The Hall–Kier alpha value is 0.170. The van der Waals surface area contributed by atoms with Crippen molar-refractivity contribution < 1.29 is 0 Å². The zero-order valence-electron chi connectivity index (χ0n) is 9.43. The van der Waals surface area contributed by atoms with E-state index in [0.717, 1.165) is 0 Å². The Labute approximate surface area is 123 Å². The van der Waals surface area contributed by atoms with Crippen molar-refractivity contribution in [3.63, 3.8) is 0 Å². The number of hydrogen-bond acceptors (Lipinski definition) is 2. The van der Waals surface area contributed by atoms with Crippen molar-refractivity contribution in [3.8, 4) is 0 Å². The number of rotatable bonds is 2. The highest BCUT2D eigenvalue weighted by molar-refractivity contribution is 9.11. The second-order valence-electron chi connectivity index (χ2n) is 4.38. The van der Waals surface area contributed by atoms with Crippen LogP contribution in [0.5, 0.6) is 0 Å². The molecule has 0 saturated heterocycles. The van der Waals surface area contributed by atoms with Gasteiger partial charge in [0.2, 0.25) is 0 Å². The number of thiophene rings is 2. The van der Waals surface area contributed by atoms with Crippen molar-refractivity contribution in [1.82, 2.24) is 0 Å². The van der Waals surface area contributed by atoms with Gasteiger partial charge in [0.15, 0.2) is 0 Å². The molecule has 1 aliphatic carbocycles. The van der Waals surface area contributed by atoms with Gasteiger partial charge in [0, 0.05) is 14.6 Å². The van der Waals surface area contributed by atoms with Gasteiger partial charge in [-0.3, -0.25) is 0 Å². The van der Waals surface area contributed by atoms with E-state index in [1.165, 1.54) is 43.9 Å². The first kappa shape index (κ1) is 12.2. The lowest BCUT2D eigenvalue weighted by atomic mass is 10.1. The molecule has 1 unspecified atom stereocenters. The molecule has 2 aromatic rings. The van der Waals surface area contributed by atoms with Crippen LogP contribution in [-0.2, 0) is 12.8 Å². The van der Waals surface area contributed by atoms with Crippen LogP contribution in [0.4, 0.5) is 0 Å². The predicted molar refractivity (Wildman–Crippen MR) is 80.8 cm³/mol. The topological polar surface area (TPSA) is 0 Å². The summed E-state index contributed by atoms with van der Waals surface area (Å²) in [4.78, 5) is 4.17. The van der Waals surface area contributed by atoms with E-state index in [-0.39, 0.29) is 5.38 Å². The summed E-state index contributed by atoms with van der Waals surface area (Å²) in [7, 11) is 0. The molecule has 3 rings (SSSR count). The molecule has 0 aliphatic heterocycles. The smallest absolute Gasteiger partial charge is 0.0938 e. The minimum absolute atomic E-state index is 0.0214. The van der Waals surface area contributed by atoms with Crippen LogP contribution in [0, 0.1) is 6.92 Å². The van der Waals surface area contributed by atoms with E-state index in [0.29, 0.717) is 0 Å². The van der Waals surface area contributed by atoms with E-state index in [1.807, 2.05) is 11.3 Å². The molecule has 0 amide bonds. The van der Waals surface area contributed by atoms with Crippen molar-refractivity contribution in [2.24, 2.45) is 0 Å². The SMILES string of the molecule is Cc1sc(Br)cc1C(Cl)c1cc2c(s1)CCC2. The van der Waals surface area contributed by atoms with Crippen LogP contribution < -0.4 is 0 Å². The van der Waals surface area contributed by atoms with Crippen LogP contribution in [0.3, 0.4) is 0 Å². The van der Waals surface area contributed by atoms with E-state index < -0.39 is 0 Å². The molecule has 4 heteroatoms. The number of aryl methyl sites for hydroxylation is 3. The third-order valence-electron chi connectivity index (χ3n) is 3.21. The van der Waals surface area contributed by atoms with Crippen molar-refractivity contribution >= 4 is 50.2 Å². The molecule has 0 nitrogen and oxygen atoms in total. The maximum Gasteiger partial charge on any atom is 0.0938 e. The molecule has 0 aromatic carbocycles. The lowest BCUT2D eigenvalue weighted by Gasteiger charge is -2.06. The number of hydrogen-bond donors (Lipinski definition) is 0. The average molecular weight is 348 g/mol. The zero-order valence-corrected chi connectivity index (χ0v) is 13.4. The third-order valence-corrected chi connectivity index (χ3v) is 6.69. The molecule has 2 aromatic heterocycles. The highest BCUT2D eigenvalue weighted by Crippen LogP contribution is 2.42. The quantitative estimate of drug-likeness (QED) is 0.611. The summed E-state index contributed by atoms with van der Waals surface area (Å²) in [5, 5.41) is 0.0214. The molecule has 0 fully saturated rings. The molecule has 0 saturated carbocycles. The molecular weight excluding hydrogens is 336 g/mol. The molecular formula is C13H12BrClS2. The highest BCUT2D eigenvalue weighted by atomic mass is 79.9. The molecule has 0 bridgehead atoms. The van der Waals surface area contributed by atoms with Crippen LogP contribution in [0.15, 0.2) is 15.9 Å². The fraction of sp³-hybridized carbons (Fsp3) is 0.385. The van der Waals surface area contributed by atoms with Gasteiger partial charge in [-0.1, -0.05) is 0 Å². The largest absolute Gasteiger partial charge is 0.143 e. The molecule has 1 aliphatic rings. The molecule has 0 N–H and O–H groups in total. The maximum absolute atomic E-state index is 6.61. The maximum atomic E-state index is 6.61. The summed E-state index contributed by atoms with van der Waals surface area (Å²) in [5.41, 5.74) is 2.78. The first-order valence-corrected chi connectivity index (χ1v) is 8.53. The van der Waals surface area contributed by atoms with Crippen LogP contribution in [-0.4, -0.2) is 0 Å². The molecule has 17 heavy (non-hydrogen) atoms. The van der Waals surface area contributed by atoms with Crippen LogP contribution >= 0.6 is 50.2 Å². The zero-order chi connectivity index (χ0) is 12.0. The van der Waals surface area contributed by atoms with E-state index in [2.05, 4.69) is 35.0 Å². The Kier molecular flexibility index (Phi) is 3.37. The minimum atomic E-state index is 0.0214. The summed E-state index contributed by atoms with van der Waals surface area (Å²) < 4.78 is 1.17. The predicted octanol–water partition coefficient (Wildman–Crippen LogP) is 5.70. The monoisotopic (exact) mass is 346 g/mol. The Balaban J connectivity index is 1.95. The Morgan fingerprint density at radius 2 is 2.12 bits per heavy atom. The summed E-state index contributed by atoms with van der Waals surface area (Å²) in [6, 6.07) is 4.47. The summed E-state index contributed by atoms with van der Waals surface area (Å²) in [6.45, 7) is 2.14. The lowest BCUT2D eigenvalue weighted by molar-refractivity contribution is 0.913. The van der Waals surface area contributed by atoms with Crippen molar-refractivity contribution in [1.29, 1.82) is 0 Å². The van der Waals surface area contributed by atoms with Crippen molar-refractivity contribution in [3.05, 3.63) is 41.7 Å². The first-order valence-electron chi connectivity index (χ1n) is 5.66. The fourth-order valence-corrected chi connectivity index (χ4v) is 5.83. The Morgan fingerprint density at radius 3 is 2.76 bits per heavy atom. The van der Waals surface area contributed by atoms with Crippen LogP contribution in [0.2, 0.25) is 0 Å². The summed E-state index contributed by atoms with van der Waals surface area (Å²) in [6.07, 6.45) is 3.80. The van der Waals surface area contributed by atoms with Gasteiger partial charge in [0.25, 0.3) is 0 Å².